The summed E-state index contributed by atoms with van der Waals surface area (Å²) in [7, 11) is 0. The first-order valence-corrected chi connectivity index (χ1v) is 6.05. The molecule has 0 bridgehead atoms. The van der Waals surface area contributed by atoms with E-state index in [1.165, 1.54) is 12.3 Å². The van der Waals surface area contributed by atoms with Crippen LogP contribution in [0.4, 0.5) is 4.39 Å². The minimum Gasteiger partial charge on any atom is -0.494 e. The van der Waals surface area contributed by atoms with Gasteiger partial charge in [-0.05, 0) is 25.1 Å². The van der Waals surface area contributed by atoms with Crippen LogP contribution in [0.5, 0.6) is 5.75 Å². The lowest BCUT2D eigenvalue weighted by molar-refractivity contribution is 0.333. The minimum atomic E-state index is -0.377. The molecule has 4 nitrogen and oxygen atoms in total. The molecule has 19 heavy (non-hydrogen) atoms. The van der Waals surface area contributed by atoms with Crippen LogP contribution < -0.4 is 16.0 Å². The first-order chi connectivity index (χ1) is 9.26. The molecule has 0 saturated carbocycles. The van der Waals surface area contributed by atoms with Crippen LogP contribution in [0, 0.1) is 5.82 Å². The number of hydrogen-bond donors (Lipinski definition) is 2. The SMILES string of the molecule is CCOc1ccccc1C(NN)c1ccc(F)cn1. The summed E-state index contributed by atoms with van der Waals surface area (Å²) in [4.78, 5) is 4.05. The van der Waals surface area contributed by atoms with Gasteiger partial charge in [-0.1, -0.05) is 18.2 Å². The first-order valence-electron chi connectivity index (χ1n) is 6.05. The average Bonchev–Trinajstić information content (AvgIpc) is 2.44. The van der Waals surface area contributed by atoms with Crippen molar-refractivity contribution < 1.29 is 9.13 Å². The fourth-order valence-corrected chi connectivity index (χ4v) is 1.90. The van der Waals surface area contributed by atoms with E-state index in [1.54, 1.807) is 6.07 Å². The van der Waals surface area contributed by atoms with E-state index in [0.717, 1.165) is 11.3 Å². The van der Waals surface area contributed by atoms with Crippen molar-refractivity contribution in [1.29, 1.82) is 0 Å². The highest BCUT2D eigenvalue weighted by atomic mass is 19.1. The molecule has 0 saturated heterocycles. The maximum Gasteiger partial charge on any atom is 0.141 e. The number of aromatic nitrogens is 1. The van der Waals surface area contributed by atoms with Crippen LogP contribution in [-0.2, 0) is 0 Å². The number of hydrogen-bond acceptors (Lipinski definition) is 4. The highest BCUT2D eigenvalue weighted by Gasteiger charge is 2.17. The van der Waals surface area contributed by atoms with Crippen molar-refractivity contribution in [2.45, 2.75) is 13.0 Å². The molecule has 1 heterocycles. The Balaban J connectivity index is 2.39. The van der Waals surface area contributed by atoms with Crippen molar-refractivity contribution in [2.75, 3.05) is 6.61 Å². The summed E-state index contributed by atoms with van der Waals surface area (Å²) in [6.45, 7) is 2.48. The van der Waals surface area contributed by atoms with E-state index in [-0.39, 0.29) is 11.9 Å². The lowest BCUT2D eigenvalue weighted by atomic mass is 10.0. The van der Waals surface area contributed by atoms with Gasteiger partial charge in [0, 0.05) is 5.56 Å². The third kappa shape index (κ3) is 3.07. The molecule has 1 aromatic carbocycles. The largest absolute Gasteiger partial charge is 0.494 e. The number of halogens is 1. The number of ether oxygens (including phenoxy) is 1. The molecular weight excluding hydrogens is 245 g/mol. The fourth-order valence-electron chi connectivity index (χ4n) is 1.90. The molecule has 0 amide bonds. The number of nitrogens with two attached hydrogens (primary N) is 1. The van der Waals surface area contributed by atoms with E-state index in [0.29, 0.717) is 12.3 Å². The second-order valence-corrected chi connectivity index (χ2v) is 3.97. The summed E-state index contributed by atoms with van der Waals surface area (Å²) in [5.41, 5.74) is 4.19. The molecule has 0 fully saturated rings. The van der Waals surface area contributed by atoms with E-state index < -0.39 is 0 Å². The van der Waals surface area contributed by atoms with Crippen molar-refractivity contribution >= 4 is 0 Å². The normalized spacial score (nSPS) is 12.2. The van der Waals surface area contributed by atoms with Crippen LogP contribution >= 0.6 is 0 Å². The summed E-state index contributed by atoms with van der Waals surface area (Å²) in [5, 5.41) is 0. The van der Waals surface area contributed by atoms with Crippen molar-refractivity contribution in [1.82, 2.24) is 10.4 Å². The molecular formula is C14H16FN3O. The van der Waals surface area contributed by atoms with Crippen LogP contribution in [0.3, 0.4) is 0 Å². The van der Waals surface area contributed by atoms with E-state index in [9.17, 15) is 4.39 Å². The maximum atomic E-state index is 12.9. The van der Waals surface area contributed by atoms with Gasteiger partial charge in [-0.25, -0.2) is 9.82 Å². The van der Waals surface area contributed by atoms with Gasteiger partial charge in [0.05, 0.1) is 24.5 Å². The summed E-state index contributed by atoms with van der Waals surface area (Å²) in [6.07, 6.45) is 1.17. The molecule has 1 atom stereocenters. The van der Waals surface area contributed by atoms with Crippen molar-refractivity contribution in [2.24, 2.45) is 5.84 Å². The minimum absolute atomic E-state index is 0.344. The molecule has 2 aromatic rings. The number of nitrogens with one attached hydrogen (secondary N) is 1. The van der Waals surface area contributed by atoms with Gasteiger partial charge in [0.25, 0.3) is 0 Å². The molecule has 100 valence electrons. The highest BCUT2D eigenvalue weighted by Crippen LogP contribution is 2.28. The van der Waals surface area contributed by atoms with Gasteiger partial charge >= 0.3 is 0 Å². The molecule has 0 aliphatic heterocycles. The number of hydrazine groups is 1. The maximum absolute atomic E-state index is 12.9. The fraction of sp³-hybridized carbons (Fsp3) is 0.214. The second kappa shape index (κ2) is 6.26. The third-order valence-electron chi connectivity index (χ3n) is 2.74. The summed E-state index contributed by atoms with van der Waals surface area (Å²) >= 11 is 0. The van der Waals surface area contributed by atoms with Crippen molar-refractivity contribution in [3.8, 4) is 5.75 Å². The zero-order valence-corrected chi connectivity index (χ0v) is 10.6. The molecule has 1 unspecified atom stereocenters. The molecule has 3 N–H and O–H groups in total. The monoisotopic (exact) mass is 261 g/mol. The Morgan fingerprint density at radius 1 is 1.32 bits per heavy atom. The standard InChI is InChI=1S/C14H16FN3O/c1-2-19-13-6-4-3-5-11(13)14(18-16)12-8-7-10(15)9-17-12/h3-9,14,18H,2,16H2,1H3. The van der Waals surface area contributed by atoms with Gasteiger partial charge in [0.2, 0.25) is 0 Å². The van der Waals surface area contributed by atoms with Gasteiger partial charge in [0.15, 0.2) is 0 Å². The molecule has 0 radical (unpaired) electrons. The molecule has 0 aliphatic rings. The van der Waals surface area contributed by atoms with Crippen LogP contribution in [0.1, 0.15) is 24.2 Å². The predicted molar refractivity (Wildman–Crippen MR) is 71.0 cm³/mol. The van der Waals surface area contributed by atoms with Gasteiger partial charge in [0.1, 0.15) is 11.6 Å². The van der Waals surface area contributed by atoms with Gasteiger partial charge in [-0.3, -0.25) is 10.8 Å². The molecule has 2 rings (SSSR count). The Morgan fingerprint density at radius 3 is 2.74 bits per heavy atom. The predicted octanol–water partition coefficient (Wildman–Crippen LogP) is 2.17. The first kappa shape index (κ1) is 13.5. The summed E-state index contributed by atoms with van der Waals surface area (Å²) in [5.74, 6) is 5.96. The molecule has 5 heteroatoms. The molecule has 1 aromatic heterocycles. The lowest BCUT2D eigenvalue weighted by Crippen LogP contribution is -2.29. The smallest absolute Gasteiger partial charge is 0.141 e. The van der Waals surface area contributed by atoms with E-state index >= 15 is 0 Å². The van der Waals surface area contributed by atoms with E-state index in [1.807, 2.05) is 31.2 Å². The third-order valence-corrected chi connectivity index (χ3v) is 2.74. The van der Waals surface area contributed by atoms with E-state index in [4.69, 9.17) is 10.6 Å². The number of benzene rings is 1. The van der Waals surface area contributed by atoms with Crippen LogP contribution in [0.15, 0.2) is 42.6 Å². The number of pyridine rings is 1. The van der Waals surface area contributed by atoms with Crippen LogP contribution in [-0.4, -0.2) is 11.6 Å². The Labute approximate surface area is 111 Å². The molecule has 0 spiro atoms. The zero-order valence-electron chi connectivity index (χ0n) is 10.6. The van der Waals surface area contributed by atoms with Crippen molar-refractivity contribution in [3.63, 3.8) is 0 Å². The Hall–Kier alpha value is -1.98. The molecule has 0 aliphatic carbocycles. The zero-order chi connectivity index (χ0) is 13.7. The highest BCUT2D eigenvalue weighted by molar-refractivity contribution is 5.39. The van der Waals surface area contributed by atoms with Crippen molar-refractivity contribution in [3.05, 3.63) is 59.7 Å². The Bertz CT molecular complexity index is 530. The summed E-state index contributed by atoms with van der Waals surface area (Å²) < 4.78 is 18.5. The Kier molecular flexibility index (Phi) is 4.43. The average molecular weight is 261 g/mol. The van der Waals surface area contributed by atoms with Gasteiger partial charge in [-0.15, -0.1) is 0 Å². The topological polar surface area (TPSA) is 60.2 Å². The van der Waals surface area contributed by atoms with Gasteiger partial charge < -0.3 is 4.74 Å². The van der Waals surface area contributed by atoms with E-state index in [2.05, 4.69) is 10.4 Å². The number of rotatable bonds is 5. The quantitative estimate of drug-likeness (QED) is 0.639. The number of nitrogens with zero attached hydrogens (tertiary/aromatic N) is 1. The lowest BCUT2D eigenvalue weighted by Gasteiger charge is -2.19. The van der Waals surface area contributed by atoms with Crippen LogP contribution in [0.25, 0.3) is 0 Å². The van der Waals surface area contributed by atoms with Gasteiger partial charge in [-0.2, -0.15) is 0 Å². The second-order valence-electron chi connectivity index (χ2n) is 3.97. The Morgan fingerprint density at radius 2 is 2.11 bits per heavy atom. The number of para-hydroxylation sites is 1. The summed E-state index contributed by atoms with van der Waals surface area (Å²) in [6, 6.07) is 10.2. The van der Waals surface area contributed by atoms with Crippen LogP contribution in [0.2, 0.25) is 0 Å².